The molecule has 1 unspecified atom stereocenters. The number of ether oxygens (including phenoxy) is 1. The normalized spacial score (nSPS) is 24.6. The van der Waals surface area contributed by atoms with Crippen molar-refractivity contribution in [1.29, 1.82) is 0 Å². The lowest BCUT2D eigenvalue weighted by Gasteiger charge is -2.23. The average Bonchev–Trinajstić information content (AvgIpc) is 3.10. The maximum atomic E-state index is 6.30. The van der Waals surface area contributed by atoms with Gasteiger partial charge in [-0.25, -0.2) is 0 Å². The summed E-state index contributed by atoms with van der Waals surface area (Å²) in [6, 6.07) is 8.50. The van der Waals surface area contributed by atoms with Crippen LogP contribution < -0.4 is 5.32 Å². The molecule has 1 N–H and O–H groups in total. The van der Waals surface area contributed by atoms with E-state index in [1.54, 1.807) is 0 Å². The molecule has 3 rings (SSSR count). The maximum absolute atomic E-state index is 6.30. The first kappa shape index (κ1) is 14.4. The quantitative estimate of drug-likeness (QED) is 0.828. The fourth-order valence-corrected chi connectivity index (χ4v) is 3.73. The molecule has 1 aliphatic heterocycles. The second kappa shape index (κ2) is 6.46. The van der Waals surface area contributed by atoms with Gasteiger partial charge in [0, 0.05) is 19.0 Å². The monoisotopic (exact) mass is 293 g/mol. The van der Waals surface area contributed by atoms with E-state index in [-0.39, 0.29) is 5.60 Å². The lowest BCUT2D eigenvalue weighted by atomic mass is 9.98. The Bertz CT molecular complexity index is 425. The third kappa shape index (κ3) is 3.36. The molecule has 0 bridgehead atoms. The highest BCUT2D eigenvalue weighted by atomic mass is 35.5. The molecule has 3 heteroatoms. The number of rotatable bonds is 5. The molecule has 2 fully saturated rings. The van der Waals surface area contributed by atoms with Crippen molar-refractivity contribution >= 4 is 11.6 Å². The number of halogens is 1. The van der Waals surface area contributed by atoms with E-state index in [1.807, 2.05) is 0 Å². The Kier molecular flexibility index (Phi) is 4.65. The molecule has 2 nitrogen and oxygen atoms in total. The SMILES string of the molecule is ClCc1ccc(CNCC2CCC3(CCCC3)O2)cc1. The van der Waals surface area contributed by atoms with Crippen LogP contribution in [-0.2, 0) is 17.2 Å². The number of nitrogens with one attached hydrogen (secondary N) is 1. The summed E-state index contributed by atoms with van der Waals surface area (Å²) in [5.74, 6) is 0.589. The Morgan fingerprint density at radius 1 is 1.10 bits per heavy atom. The maximum Gasteiger partial charge on any atom is 0.0708 e. The third-order valence-electron chi connectivity index (χ3n) is 4.73. The summed E-state index contributed by atoms with van der Waals surface area (Å²) >= 11 is 5.80. The summed E-state index contributed by atoms with van der Waals surface area (Å²) in [5, 5.41) is 3.53. The zero-order valence-corrected chi connectivity index (χ0v) is 12.8. The van der Waals surface area contributed by atoms with E-state index in [2.05, 4.69) is 29.6 Å². The molecule has 0 aromatic heterocycles. The van der Waals surface area contributed by atoms with Crippen LogP contribution in [0.15, 0.2) is 24.3 Å². The van der Waals surface area contributed by atoms with E-state index >= 15 is 0 Å². The lowest BCUT2D eigenvalue weighted by molar-refractivity contribution is -0.0351. The van der Waals surface area contributed by atoms with Crippen molar-refractivity contribution in [2.45, 2.75) is 62.7 Å². The summed E-state index contributed by atoms with van der Waals surface area (Å²) in [6.45, 7) is 1.88. The van der Waals surface area contributed by atoms with E-state index in [1.165, 1.54) is 49.7 Å². The highest BCUT2D eigenvalue weighted by Gasteiger charge is 2.41. The zero-order chi connectivity index (χ0) is 13.8. The predicted molar refractivity (Wildman–Crippen MR) is 83.0 cm³/mol. The fraction of sp³-hybridized carbons (Fsp3) is 0.647. The minimum Gasteiger partial charge on any atom is -0.370 e. The minimum absolute atomic E-state index is 0.258. The number of hydrogen-bond donors (Lipinski definition) is 1. The molecule has 1 aliphatic carbocycles. The molecule has 110 valence electrons. The second-order valence-corrected chi connectivity index (χ2v) is 6.52. The van der Waals surface area contributed by atoms with Crippen molar-refractivity contribution < 1.29 is 4.74 Å². The van der Waals surface area contributed by atoms with Crippen LogP contribution in [0, 0.1) is 0 Å². The highest BCUT2D eigenvalue weighted by molar-refractivity contribution is 6.17. The summed E-state index contributed by atoms with van der Waals surface area (Å²) in [6.07, 6.45) is 8.17. The molecule has 0 radical (unpaired) electrons. The summed E-state index contributed by atoms with van der Waals surface area (Å²) in [4.78, 5) is 0. The van der Waals surface area contributed by atoms with Crippen LogP contribution in [-0.4, -0.2) is 18.2 Å². The van der Waals surface area contributed by atoms with Gasteiger partial charge in [0.15, 0.2) is 0 Å². The van der Waals surface area contributed by atoms with Gasteiger partial charge in [0.2, 0.25) is 0 Å². The smallest absolute Gasteiger partial charge is 0.0708 e. The van der Waals surface area contributed by atoms with Crippen molar-refractivity contribution in [2.24, 2.45) is 0 Å². The molecule has 1 saturated carbocycles. The molecule has 1 atom stereocenters. The molecule has 2 aliphatic rings. The molecule has 20 heavy (non-hydrogen) atoms. The van der Waals surface area contributed by atoms with Gasteiger partial charge in [-0.2, -0.15) is 0 Å². The Labute approximate surface area is 126 Å². The fourth-order valence-electron chi connectivity index (χ4n) is 3.55. The topological polar surface area (TPSA) is 21.3 Å². The summed E-state index contributed by atoms with van der Waals surface area (Å²) in [7, 11) is 0. The van der Waals surface area contributed by atoms with Gasteiger partial charge >= 0.3 is 0 Å². The molecular formula is C17H24ClNO. The molecule has 1 spiro atoms. The van der Waals surface area contributed by atoms with Crippen LogP contribution in [0.4, 0.5) is 0 Å². The Hall–Kier alpha value is -0.570. The van der Waals surface area contributed by atoms with Crippen LogP contribution in [0.1, 0.15) is 49.7 Å². The van der Waals surface area contributed by atoms with Crippen molar-refractivity contribution in [3.63, 3.8) is 0 Å². The second-order valence-electron chi connectivity index (χ2n) is 6.25. The lowest BCUT2D eigenvalue weighted by Crippen LogP contribution is -2.30. The Balaban J connectivity index is 1.41. The molecule has 0 amide bonds. The van der Waals surface area contributed by atoms with Crippen molar-refractivity contribution in [3.05, 3.63) is 35.4 Å². The number of benzene rings is 1. The molecule has 1 saturated heterocycles. The van der Waals surface area contributed by atoms with Crippen LogP contribution in [0.5, 0.6) is 0 Å². The van der Waals surface area contributed by atoms with Crippen LogP contribution >= 0.6 is 11.6 Å². The average molecular weight is 294 g/mol. The molecule has 1 aromatic carbocycles. The highest BCUT2D eigenvalue weighted by Crippen LogP contribution is 2.43. The van der Waals surface area contributed by atoms with Gasteiger partial charge in [0.25, 0.3) is 0 Å². The van der Waals surface area contributed by atoms with Crippen molar-refractivity contribution in [2.75, 3.05) is 6.54 Å². The first-order valence-corrected chi connectivity index (χ1v) is 8.35. The largest absolute Gasteiger partial charge is 0.370 e. The first-order chi connectivity index (χ1) is 9.80. The van der Waals surface area contributed by atoms with Gasteiger partial charge in [-0.3, -0.25) is 0 Å². The van der Waals surface area contributed by atoms with Crippen molar-refractivity contribution in [3.8, 4) is 0 Å². The Morgan fingerprint density at radius 3 is 2.50 bits per heavy atom. The minimum atomic E-state index is 0.258. The first-order valence-electron chi connectivity index (χ1n) is 7.82. The zero-order valence-electron chi connectivity index (χ0n) is 12.0. The molecular weight excluding hydrogens is 270 g/mol. The van der Waals surface area contributed by atoms with Gasteiger partial charge in [0.1, 0.15) is 0 Å². The Morgan fingerprint density at radius 2 is 1.80 bits per heavy atom. The molecule has 1 aromatic rings. The number of alkyl halides is 1. The van der Waals surface area contributed by atoms with E-state index < -0.39 is 0 Å². The summed E-state index contributed by atoms with van der Waals surface area (Å²) < 4.78 is 6.30. The third-order valence-corrected chi connectivity index (χ3v) is 5.04. The van der Waals surface area contributed by atoms with Crippen LogP contribution in [0.25, 0.3) is 0 Å². The van der Waals surface area contributed by atoms with E-state index in [4.69, 9.17) is 16.3 Å². The van der Waals surface area contributed by atoms with Crippen LogP contribution in [0.3, 0.4) is 0 Å². The van der Waals surface area contributed by atoms with E-state index in [0.717, 1.165) is 13.1 Å². The standard InChI is InChI=1S/C17H24ClNO/c18-11-14-3-5-15(6-4-14)12-19-13-16-7-10-17(20-16)8-1-2-9-17/h3-6,16,19H,1-2,7-13H2. The van der Waals surface area contributed by atoms with Crippen molar-refractivity contribution in [1.82, 2.24) is 5.32 Å². The summed E-state index contributed by atoms with van der Waals surface area (Å²) in [5.41, 5.74) is 2.75. The van der Waals surface area contributed by atoms with E-state index in [0.29, 0.717) is 12.0 Å². The van der Waals surface area contributed by atoms with Gasteiger partial charge in [0.05, 0.1) is 11.7 Å². The van der Waals surface area contributed by atoms with E-state index in [9.17, 15) is 0 Å². The van der Waals surface area contributed by atoms with Gasteiger partial charge < -0.3 is 10.1 Å². The predicted octanol–water partition coefficient (Wildman–Crippen LogP) is 4.01. The molecule has 1 heterocycles. The van der Waals surface area contributed by atoms with Crippen LogP contribution in [0.2, 0.25) is 0 Å². The van der Waals surface area contributed by atoms with Gasteiger partial charge in [-0.05, 0) is 36.8 Å². The number of hydrogen-bond acceptors (Lipinski definition) is 2. The van der Waals surface area contributed by atoms with Gasteiger partial charge in [-0.15, -0.1) is 11.6 Å². The van der Waals surface area contributed by atoms with Gasteiger partial charge in [-0.1, -0.05) is 37.1 Å².